The molecule has 3 aromatic rings. The SMILES string of the molecule is Cc1cc(Nc2cccc(Cl)c2C)ccc1C(=O)c1cc(N2CC(CCO)N=N2)ccc1C. The Morgan fingerprint density at radius 2 is 1.91 bits per heavy atom. The average molecular weight is 463 g/mol. The predicted molar refractivity (Wildman–Crippen MR) is 133 cm³/mol. The number of aryl methyl sites for hydroxylation is 2. The fraction of sp³-hybridized carbons (Fsp3) is 0.269. The molecule has 3 aromatic carbocycles. The number of nitrogens with zero attached hydrogens (tertiary/aromatic N) is 3. The number of benzene rings is 3. The molecule has 170 valence electrons. The van der Waals surface area contributed by atoms with Gasteiger partial charge in [-0.3, -0.25) is 4.79 Å². The topological polar surface area (TPSA) is 77.3 Å². The third-order valence-electron chi connectivity index (χ3n) is 5.95. The van der Waals surface area contributed by atoms with Crippen LogP contribution in [-0.2, 0) is 0 Å². The van der Waals surface area contributed by atoms with Gasteiger partial charge in [0.2, 0.25) is 0 Å². The highest BCUT2D eigenvalue weighted by atomic mass is 35.5. The fourth-order valence-corrected chi connectivity index (χ4v) is 4.09. The van der Waals surface area contributed by atoms with Gasteiger partial charge in [0.25, 0.3) is 0 Å². The molecule has 4 rings (SSSR count). The first kappa shape index (κ1) is 23.0. The van der Waals surface area contributed by atoms with Crippen molar-refractivity contribution in [1.29, 1.82) is 0 Å². The van der Waals surface area contributed by atoms with Crippen LogP contribution in [0.5, 0.6) is 0 Å². The molecule has 1 atom stereocenters. The molecule has 0 amide bonds. The van der Waals surface area contributed by atoms with Crippen molar-refractivity contribution in [1.82, 2.24) is 0 Å². The summed E-state index contributed by atoms with van der Waals surface area (Å²) in [5.74, 6) is -0.0274. The molecular weight excluding hydrogens is 436 g/mol. The molecule has 2 N–H and O–H groups in total. The number of hydrogen-bond acceptors (Lipinski definition) is 6. The molecule has 0 saturated carbocycles. The largest absolute Gasteiger partial charge is 0.396 e. The number of halogens is 1. The smallest absolute Gasteiger partial charge is 0.193 e. The molecule has 0 aromatic heterocycles. The minimum atomic E-state index is -0.0274. The van der Waals surface area contributed by atoms with Crippen LogP contribution in [0.1, 0.15) is 39.0 Å². The van der Waals surface area contributed by atoms with Gasteiger partial charge in [0.1, 0.15) is 0 Å². The summed E-state index contributed by atoms with van der Waals surface area (Å²) in [4.78, 5) is 13.4. The van der Waals surface area contributed by atoms with Crippen LogP contribution in [0.25, 0.3) is 0 Å². The fourth-order valence-electron chi connectivity index (χ4n) is 3.92. The maximum Gasteiger partial charge on any atom is 0.193 e. The second-order valence-corrected chi connectivity index (χ2v) is 8.76. The van der Waals surface area contributed by atoms with Gasteiger partial charge >= 0.3 is 0 Å². The zero-order valence-electron chi connectivity index (χ0n) is 19.0. The van der Waals surface area contributed by atoms with Crippen molar-refractivity contribution in [2.75, 3.05) is 23.5 Å². The first-order chi connectivity index (χ1) is 15.9. The van der Waals surface area contributed by atoms with E-state index in [1.54, 1.807) is 5.01 Å². The van der Waals surface area contributed by atoms with Gasteiger partial charge in [-0.2, -0.15) is 5.11 Å². The van der Waals surface area contributed by atoms with Crippen LogP contribution in [0.4, 0.5) is 17.1 Å². The number of hydrogen-bond donors (Lipinski definition) is 2. The van der Waals surface area contributed by atoms with E-state index in [1.165, 1.54) is 0 Å². The average Bonchev–Trinajstić information content (AvgIpc) is 3.26. The molecule has 1 unspecified atom stereocenters. The van der Waals surface area contributed by atoms with Gasteiger partial charge in [0.05, 0.1) is 18.3 Å². The van der Waals surface area contributed by atoms with E-state index in [0.29, 0.717) is 29.1 Å². The zero-order valence-corrected chi connectivity index (χ0v) is 19.7. The van der Waals surface area contributed by atoms with E-state index in [9.17, 15) is 4.79 Å². The Bertz CT molecular complexity index is 1220. The number of nitrogens with one attached hydrogen (secondary N) is 1. The van der Waals surface area contributed by atoms with Crippen LogP contribution in [0, 0.1) is 20.8 Å². The molecule has 1 aliphatic heterocycles. The Morgan fingerprint density at radius 3 is 2.67 bits per heavy atom. The van der Waals surface area contributed by atoms with Gasteiger partial charge in [-0.15, -0.1) is 0 Å². The maximum absolute atomic E-state index is 13.4. The second kappa shape index (κ2) is 9.73. The number of rotatable bonds is 7. The molecule has 0 saturated heterocycles. The van der Waals surface area contributed by atoms with E-state index in [2.05, 4.69) is 15.7 Å². The molecule has 0 aliphatic carbocycles. The van der Waals surface area contributed by atoms with Gasteiger partial charge in [-0.1, -0.05) is 29.0 Å². The molecule has 33 heavy (non-hydrogen) atoms. The van der Waals surface area contributed by atoms with E-state index < -0.39 is 0 Å². The van der Waals surface area contributed by atoms with E-state index in [0.717, 1.165) is 33.8 Å². The lowest BCUT2D eigenvalue weighted by Gasteiger charge is -2.17. The number of anilines is 3. The molecule has 1 aliphatic rings. The molecule has 7 heteroatoms. The van der Waals surface area contributed by atoms with Crippen LogP contribution in [-0.4, -0.2) is 30.1 Å². The van der Waals surface area contributed by atoms with Crippen molar-refractivity contribution in [2.45, 2.75) is 33.2 Å². The quantitative estimate of drug-likeness (QED) is 0.411. The number of aliphatic hydroxyl groups is 1. The van der Waals surface area contributed by atoms with Gasteiger partial charge < -0.3 is 10.4 Å². The Hall–Kier alpha value is -3.22. The number of ketones is 1. The predicted octanol–water partition coefficient (Wildman–Crippen LogP) is 6.18. The lowest BCUT2D eigenvalue weighted by atomic mass is 9.95. The van der Waals surface area contributed by atoms with Crippen LogP contribution in [0.3, 0.4) is 0 Å². The summed E-state index contributed by atoms with van der Waals surface area (Å²) in [7, 11) is 0. The Balaban J connectivity index is 1.57. The highest BCUT2D eigenvalue weighted by Gasteiger charge is 2.22. The molecule has 0 bridgehead atoms. The van der Waals surface area contributed by atoms with Gasteiger partial charge in [-0.05, 0) is 86.3 Å². The van der Waals surface area contributed by atoms with Crippen LogP contribution in [0.15, 0.2) is 64.9 Å². The van der Waals surface area contributed by atoms with Crippen molar-refractivity contribution in [3.05, 3.63) is 87.4 Å². The second-order valence-electron chi connectivity index (χ2n) is 8.35. The highest BCUT2D eigenvalue weighted by molar-refractivity contribution is 6.31. The molecule has 0 spiro atoms. The van der Waals surface area contributed by atoms with E-state index in [4.69, 9.17) is 16.7 Å². The standard InChI is InChI=1S/C26H27ClN4O2/c1-16-7-9-21(31-15-20(11-12-32)29-30-31)14-23(16)26(33)22-10-8-19(13-17(22)2)28-25-6-4-5-24(27)18(25)3/h4-10,13-14,20,28,32H,11-12,15H2,1-3H3. The van der Waals surface area contributed by atoms with Crippen molar-refractivity contribution >= 4 is 34.4 Å². The van der Waals surface area contributed by atoms with Crippen LogP contribution < -0.4 is 10.3 Å². The Labute approximate surface area is 198 Å². The molecule has 1 heterocycles. The van der Waals surface area contributed by atoms with Gasteiger partial charge in [0, 0.05) is 34.1 Å². The summed E-state index contributed by atoms with van der Waals surface area (Å²) in [6, 6.07) is 17.2. The summed E-state index contributed by atoms with van der Waals surface area (Å²) in [6.45, 7) is 6.52. The van der Waals surface area contributed by atoms with Crippen LogP contribution >= 0.6 is 11.6 Å². The van der Waals surface area contributed by atoms with Gasteiger partial charge in [-0.25, -0.2) is 5.01 Å². The summed E-state index contributed by atoms with van der Waals surface area (Å²) in [5, 5.41) is 23.4. The monoisotopic (exact) mass is 462 g/mol. The third-order valence-corrected chi connectivity index (χ3v) is 6.36. The van der Waals surface area contributed by atoms with Crippen molar-refractivity contribution < 1.29 is 9.90 Å². The highest BCUT2D eigenvalue weighted by Crippen LogP contribution is 2.29. The minimum Gasteiger partial charge on any atom is -0.396 e. The molecular formula is C26H27ClN4O2. The van der Waals surface area contributed by atoms with Gasteiger partial charge in [0.15, 0.2) is 5.78 Å². The van der Waals surface area contributed by atoms with E-state index in [-0.39, 0.29) is 18.4 Å². The molecule has 0 fully saturated rings. The third kappa shape index (κ3) is 4.92. The minimum absolute atomic E-state index is 0.0270. The molecule has 6 nitrogen and oxygen atoms in total. The molecule has 0 radical (unpaired) electrons. The normalized spacial score (nSPS) is 15.2. The van der Waals surface area contributed by atoms with E-state index in [1.807, 2.05) is 75.4 Å². The zero-order chi connectivity index (χ0) is 23.5. The summed E-state index contributed by atoms with van der Waals surface area (Å²) < 4.78 is 0. The summed E-state index contributed by atoms with van der Waals surface area (Å²) in [5.41, 5.74) is 6.72. The number of carbonyl (C=O) groups is 1. The maximum atomic E-state index is 13.4. The number of carbonyl (C=O) groups excluding carboxylic acids is 1. The first-order valence-electron chi connectivity index (χ1n) is 10.9. The Morgan fingerprint density at radius 1 is 1.09 bits per heavy atom. The number of aliphatic hydroxyl groups excluding tert-OH is 1. The summed E-state index contributed by atoms with van der Waals surface area (Å²) in [6.07, 6.45) is 0.575. The lowest BCUT2D eigenvalue weighted by molar-refractivity contribution is 0.103. The lowest BCUT2D eigenvalue weighted by Crippen LogP contribution is -2.21. The van der Waals surface area contributed by atoms with Crippen molar-refractivity contribution in [2.24, 2.45) is 10.3 Å². The first-order valence-corrected chi connectivity index (χ1v) is 11.3. The van der Waals surface area contributed by atoms with Crippen molar-refractivity contribution in [3.8, 4) is 0 Å². The van der Waals surface area contributed by atoms with Crippen molar-refractivity contribution in [3.63, 3.8) is 0 Å². The van der Waals surface area contributed by atoms with Crippen LogP contribution in [0.2, 0.25) is 5.02 Å². The van der Waals surface area contributed by atoms with E-state index >= 15 is 0 Å². The summed E-state index contributed by atoms with van der Waals surface area (Å²) >= 11 is 6.23. The Kier molecular flexibility index (Phi) is 6.77.